The average Bonchev–Trinajstić information content (AvgIpc) is 3.20. The summed E-state index contributed by atoms with van der Waals surface area (Å²) in [6, 6.07) is 7.03. The number of ketones is 1. The van der Waals surface area contributed by atoms with Crippen LogP contribution < -0.4 is 10.6 Å². The lowest BCUT2D eigenvalue weighted by molar-refractivity contribution is -0.123. The molecule has 2 aliphatic carbocycles. The molecule has 1 heterocycles. The first kappa shape index (κ1) is 29.9. The Kier molecular flexibility index (Phi) is 9.16. The third-order valence-electron chi connectivity index (χ3n) is 8.35. The molecule has 2 amide bonds. The molecule has 2 unspecified atom stereocenters. The van der Waals surface area contributed by atoms with Gasteiger partial charge in [0.15, 0.2) is 5.78 Å². The Hall–Kier alpha value is -3.03. The maximum atomic E-state index is 13.8. The predicted octanol–water partition coefficient (Wildman–Crippen LogP) is 6.45. The van der Waals surface area contributed by atoms with Crippen LogP contribution in [0, 0.1) is 18.3 Å². The number of carbonyl (C=O) groups is 3. The van der Waals surface area contributed by atoms with E-state index in [4.69, 9.17) is 0 Å². The van der Waals surface area contributed by atoms with E-state index in [9.17, 15) is 23.2 Å². The summed E-state index contributed by atoms with van der Waals surface area (Å²) in [5.74, 6) is -3.16. The topological polar surface area (TPSA) is 91.1 Å². The highest BCUT2D eigenvalue weighted by Crippen LogP contribution is 2.38. The third-order valence-corrected chi connectivity index (χ3v) is 8.35. The van der Waals surface area contributed by atoms with Crippen molar-refractivity contribution in [2.75, 3.05) is 0 Å². The lowest BCUT2D eigenvalue weighted by Crippen LogP contribution is -2.46. The summed E-state index contributed by atoms with van der Waals surface area (Å²) in [7, 11) is 0. The van der Waals surface area contributed by atoms with Gasteiger partial charge in [-0.25, -0.2) is 8.78 Å². The van der Waals surface area contributed by atoms with Gasteiger partial charge in [0.25, 0.3) is 5.91 Å². The number of unbranched alkanes of at least 4 members (excludes halogenated alkanes) is 1. The van der Waals surface area contributed by atoms with Gasteiger partial charge in [-0.15, -0.1) is 0 Å². The Labute approximate surface area is 236 Å². The lowest BCUT2D eigenvalue weighted by Gasteiger charge is -2.28. The maximum Gasteiger partial charge on any atom is 0.268 e. The smallest absolute Gasteiger partial charge is 0.268 e. The zero-order valence-electron chi connectivity index (χ0n) is 24.2. The molecule has 1 aromatic carbocycles. The van der Waals surface area contributed by atoms with E-state index in [1.807, 2.05) is 45.0 Å². The molecule has 0 aliphatic heterocycles. The normalized spacial score (nSPS) is 20.4. The number of aromatic amines is 1. The van der Waals surface area contributed by atoms with E-state index in [1.54, 1.807) is 6.92 Å². The fourth-order valence-electron chi connectivity index (χ4n) is 6.26. The molecule has 4 rings (SSSR count). The Morgan fingerprint density at radius 3 is 2.50 bits per heavy atom. The molecule has 2 aliphatic rings. The summed E-state index contributed by atoms with van der Waals surface area (Å²) in [6.07, 6.45) is 5.28. The number of halogens is 2. The van der Waals surface area contributed by atoms with E-state index < -0.39 is 12.0 Å². The Bertz CT molecular complexity index is 1230. The highest BCUT2D eigenvalue weighted by molar-refractivity contribution is 6.05. The summed E-state index contributed by atoms with van der Waals surface area (Å²) in [4.78, 5) is 42.3. The van der Waals surface area contributed by atoms with Crippen molar-refractivity contribution in [3.05, 3.63) is 57.9 Å². The van der Waals surface area contributed by atoms with Crippen molar-refractivity contribution in [2.24, 2.45) is 11.3 Å². The minimum Gasteiger partial charge on any atom is -0.354 e. The second kappa shape index (κ2) is 12.2. The van der Waals surface area contributed by atoms with Gasteiger partial charge in [0.1, 0.15) is 11.7 Å². The van der Waals surface area contributed by atoms with Crippen LogP contribution in [0.1, 0.15) is 115 Å². The minimum atomic E-state index is -2.55. The fraction of sp³-hybridized carbons (Fsp3) is 0.594. The summed E-state index contributed by atoms with van der Waals surface area (Å²) in [5, 5.41) is 5.84. The van der Waals surface area contributed by atoms with Gasteiger partial charge in [-0.3, -0.25) is 14.4 Å². The molecule has 3 N–H and O–H groups in total. The number of Topliss-reactive ketones (excluding diaryl/α,β-unsaturated/α-hetero) is 1. The summed E-state index contributed by atoms with van der Waals surface area (Å²) in [5.41, 5.74) is 4.15. The standard InChI is InChI=1S/C32H43F2N3O3/c1-5-6-9-24(37-30(40)28-20(2)27-25(36-28)17-31(3,4)18-26(27)38)29(39)35-19-22-12-10-21(11-13-22)15-23-8-7-14-32(33,34)16-23/h10-13,23-24,36H,5-9,14-19H2,1-4H3,(H,35,39)(H,37,40). The van der Waals surface area contributed by atoms with E-state index in [1.165, 1.54) is 0 Å². The van der Waals surface area contributed by atoms with Crippen LogP contribution in [0.25, 0.3) is 0 Å². The molecule has 218 valence electrons. The van der Waals surface area contributed by atoms with Crippen molar-refractivity contribution in [2.45, 2.75) is 110 Å². The summed E-state index contributed by atoms with van der Waals surface area (Å²) in [6.45, 7) is 8.20. The first-order valence-electron chi connectivity index (χ1n) is 14.7. The number of hydrogen-bond acceptors (Lipinski definition) is 3. The molecule has 2 atom stereocenters. The first-order valence-corrected chi connectivity index (χ1v) is 14.7. The Balaban J connectivity index is 1.36. The first-order chi connectivity index (χ1) is 18.9. The molecule has 0 saturated heterocycles. The largest absolute Gasteiger partial charge is 0.354 e. The maximum absolute atomic E-state index is 13.8. The van der Waals surface area contributed by atoms with Crippen LogP contribution in [-0.2, 0) is 24.2 Å². The Morgan fingerprint density at radius 2 is 1.82 bits per heavy atom. The average molecular weight is 556 g/mol. The number of alkyl halides is 2. The van der Waals surface area contributed by atoms with Gasteiger partial charge in [-0.05, 0) is 67.1 Å². The van der Waals surface area contributed by atoms with Crippen LogP contribution in [0.4, 0.5) is 8.78 Å². The van der Waals surface area contributed by atoms with Gasteiger partial charge in [0.05, 0.1) is 0 Å². The van der Waals surface area contributed by atoms with Gasteiger partial charge in [-0.1, -0.05) is 57.9 Å². The number of amides is 2. The third kappa shape index (κ3) is 7.38. The van der Waals surface area contributed by atoms with E-state index in [2.05, 4.69) is 15.6 Å². The van der Waals surface area contributed by atoms with E-state index in [-0.39, 0.29) is 41.8 Å². The lowest BCUT2D eigenvalue weighted by atomic mass is 9.75. The number of hydrogen-bond donors (Lipinski definition) is 3. The molecule has 6 nitrogen and oxygen atoms in total. The van der Waals surface area contributed by atoms with Crippen LogP contribution >= 0.6 is 0 Å². The van der Waals surface area contributed by atoms with Crippen molar-refractivity contribution < 1.29 is 23.2 Å². The SMILES string of the molecule is CCCCC(NC(=O)c1[nH]c2c(c1C)C(=O)CC(C)(C)C2)C(=O)NCc1ccc(CC2CCCC(F)(F)C2)cc1. The molecule has 1 aromatic heterocycles. The number of nitrogens with one attached hydrogen (secondary N) is 3. The number of aromatic nitrogens is 1. The zero-order chi connectivity index (χ0) is 29.1. The predicted molar refractivity (Wildman–Crippen MR) is 152 cm³/mol. The van der Waals surface area contributed by atoms with E-state index >= 15 is 0 Å². The van der Waals surface area contributed by atoms with Crippen molar-refractivity contribution in [1.29, 1.82) is 0 Å². The highest BCUT2D eigenvalue weighted by Gasteiger charge is 2.37. The highest BCUT2D eigenvalue weighted by atomic mass is 19.3. The number of rotatable bonds is 10. The monoisotopic (exact) mass is 555 g/mol. The number of H-pyrrole nitrogens is 1. The molecule has 40 heavy (non-hydrogen) atoms. The second-order valence-electron chi connectivity index (χ2n) is 12.6. The molecule has 2 aromatic rings. The molecular formula is C32H43F2N3O3. The molecule has 1 fully saturated rings. The van der Waals surface area contributed by atoms with Gasteiger partial charge < -0.3 is 15.6 Å². The van der Waals surface area contributed by atoms with Crippen LogP contribution in [-0.4, -0.2) is 34.5 Å². The summed E-state index contributed by atoms with van der Waals surface area (Å²) >= 11 is 0. The van der Waals surface area contributed by atoms with Crippen molar-refractivity contribution >= 4 is 17.6 Å². The Morgan fingerprint density at radius 1 is 1.12 bits per heavy atom. The number of fused-ring (bicyclic) bond motifs is 1. The summed E-state index contributed by atoms with van der Waals surface area (Å²) < 4.78 is 27.5. The van der Waals surface area contributed by atoms with Crippen molar-refractivity contribution in [3.8, 4) is 0 Å². The van der Waals surface area contributed by atoms with Crippen LogP contribution in [0.2, 0.25) is 0 Å². The van der Waals surface area contributed by atoms with Crippen molar-refractivity contribution in [3.63, 3.8) is 0 Å². The zero-order valence-corrected chi connectivity index (χ0v) is 24.2. The van der Waals surface area contributed by atoms with E-state index in [0.717, 1.165) is 36.1 Å². The molecule has 0 radical (unpaired) electrons. The minimum absolute atomic E-state index is 0.00398. The second-order valence-corrected chi connectivity index (χ2v) is 12.6. The van der Waals surface area contributed by atoms with Crippen LogP contribution in [0.5, 0.6) is 0 Å². The quantitative estimate of drug-likeness (QED) is 0.315. The molecular weight excluding hydrogens is 512 g/mol. The van der Waals surface area contributed by atoms with Gasteiger partial charge in [0, 0.05) is 37.1 Å². The number of benzene rings is 1. The van der Waals surface area contributed by atoms with Crippen molar-refractivity contribution in [1.82, 2.24) is 15.6 Å². The van der Waals surface area contributed by atoms with Crippen LogP contribution in [0.3, 0.4) is 0 Å². The van der Waals surface area contributed by atoms with E-state index in [0.29, 0.717) is 55.5 Å². The van der Waals surface area contributed by atoms with Gasteiger partial charge in [-0.2, -0.15) is 0 Å². The van der Waals surface area contributed by atoms with Crippen LogP contribution in [0.15, 0.2) is 24.3 Å². The number of carbonyl (C=O) groups excluding carboxylic acids is 3. The molecule has 1 saturated carbocycles. The van der Waals surface area contributed by atoms with Gasteiger partial charge >= 0.3 is 0 Å². The van der Waals surface area contributed by atoms with Gasteiger partial charge in [0.2, 0.25) is 11.8 Å². The molecule has 0 spiro atoms. The fourth-order valence-corrected chi connectivity index (χ4v) is 6.26. The molecule has 0 bridgehead atoms. The molecule has 8 heteroatoms.